The zero-order valence-corrected chi connectivity index (χ0v) is 12.7. The minimum atomic E-state index is -5.13. The second-order valence-electron chi connectivity index (χ2n) is 4.84. The number of amides is 1. The third-order valence-corrected chi connectivity index (χ3v) is 3.52. The molecule has 5 nitrogen and oxygen atoms in total. The van der Waals surface area contributed by atoms with Gasteiger partial charge in [0.15, 0.2) is 0 Å². The monoisotopic (exact) mass is 379 g/mol. The standard InChI is InChI=1S/C12H11F6NO4S/c1-6(20)19-10(5-24(21,22)23)7-2-8(11(13,14)15)4-9(3-7)12(16,17)18/h2-4,10H,5H2,1H3,(H,19,20)(H,21,22,23). The highest BCUT2D eigenvalue weighted by molar-refractivity contribution is 7.85. The van der Waals surface area contributed by atoms with E-state index in [4.69, 9.17) is 4.55 Å². The number of rotatable bonds is 4. The van der Waals surface area contributed by atoms with E-state index in [1.807, 2.05) is 5.32 Å². The Morgan fingerprint density at radius 2 is 1.50 bits per heavy atom. The summed E-state index contributed by atoms with van der Waals surface area (Å²) < 4.78 is 107. The van der Waals surface area contributed by atoms with Crippen LogP contribution in [0.4, 0.5) is 26.3 Å². The van der Waals surface area contributed by atoms with E-state index in [9.17, 15) is 39.6 Å². The van der Waals surface area contributed by atoms with E-state index in [-0.39, 0.29) is 18.2 Å². The number of carbonyl (C=O) groups excluding carboxylic acids is 1. The Hall–Kier alpha value is -1.82. The first-order valence-corrected chi connectivity index (χ1v) is 7.72. The fourth-order valence-corrected chi connectivity index (χ4v) is 2.55. The number of halogens is 6. The summed E-state index contributed by atoms with van der Waals surface area (Å²) in [5.74, 6) is -2.19. The van der Waals surface area contributed by atoms with Crippen molar-refractivity contribution in [1.29, 1.82) is 0 Å². The minimum absolute atomic E-state index is 0.137. The van der Waals surface area contributed by atoms with Crippen LogP contribution in [0.1, 0.15) is 29.7 Å². The van der Waals surface area contributed by atoms with Crippen molar-refractivity contribution in [1.82, 2.24) is 5.32 Å². The Labute approximate surface area is 132 Å². The molecule has 1 unspecified atom stereocenters. The van der Waals surface area contributed by atoms with Gasteiger partial charge in [0.2, 0.25) is 5.91 Å². The molecule has 0 heterocycles. The molecule has 12 heteroatoms. The molecule has 0 saturated carbocycles. The molecule has 0 aliphatic heterocycles. The van der Waals surface area contributed by atoms with E-state index >= 15 is 0 Å². The van der Waals surface area contributed by atoms with E-state index in [0.29, 0.717) is 0 Å². The van der Waals surface area contributed by atoms with Gasteiger partial charge in [0.05, 0.1) is 22.9 Å². The van der Waals surface area contributed by atoms with E-state index in [2.05, 4.69) is 0 Å². The summed E-state index contributed by atoms with van der Waals surface area (Å²) in [5, 5.41) is 1.90. The van der Waals surface area contributed by atoms with Crippen molar-refractivity contribution in [2.45, 2.75) is 25.3 Å². The summed E-state index contributed by atoms with van der Waals surface area (Å²) in [6.07, 6.45) is -10.3. The number of carbonyl (C=O) groups is 1. The maximum Gasteiger partial charge on any atom is 0.416 e. The van der Waals surface area contributed by atoms with Gasteiger partial charge < -0.3 is 5.32 Å². The van der Waals surface area contributed by atoms with Crippen LogP contribution in [0, 0.1) is 0 Å². The van der Waals surface area contributed by atoms with Gasteiger partial charge in [-0.15, -0.1) is 0 Å². The van der Waals surface area contributed by atoms with Crippen molar-refractivity contribution in [2.24, 2.45) is 0 Å². The molecule has 1 amide bonds. The first-order valence-electron chi connectivity index (χ1n) is 6.11. The third kappa shape index (κ3) is 6.00. The summed E-state index contributed by atoms with van der Waals surface area (Å²) in [7, 11) is -4.79. The van der Waals surface area contributed by atoms with Gasteiger partial charge in [0.1, 0.15) is 0 Å². The van der Waals surface area contributed by atoms with Crippen LogP contribution >= 0.6 is 0 Å². The SMILES string of the molecule is CC(=O)NC(CS(=O)(=O)O)c1cc(C(F)(F)F)cc(C(F)(F)F)c1. The average Bonchev–Trinajstić information content (AvgIpc) is 2.33. The van der Waals surface area contributed by atoms with Gasteiger partial charge in [-0.2, -0.15) is 34.8 Å². The van der Waals surface area contributed by atoms with Gasteiger partial charge >= 0.3 is 12.4 Å². The predicted molar refractivity (Wildman–Crippen MR) is 69.4 cm³/mol. The largest absolute Gasteiger partial charge is 0.416 e. The Balaban J connectivity index is 3.54. The topological polar surface area (TPSA) is 83.5 Å². The van der Waals surface area contributed by atoms with Gasteiger partial charge in [-0.3, -0.25) is 9.35 Å². The molecule has 1 aromatic rings. The zero-order chi connectivity index (χ0) is 18.9. The highest BCUT2D eigenvalue weighted by Crippen LogP contribution is 2.37. The lowest BCUT2D eigenvalue weighted by molar-refractivity contribution is -0.143. The predicted octanol–water partition coefficient (Wildman–Crippen LogP) is 2.79. The van der Waals surface area contributed by atoms with Gasteiger partial charge in [-0.05, 0) is 23.8 Å². The number of hydrogen-bond acceptors (Lipinski definition) is 3. The van der Waals surface area contributed by atoms with Crippen LogP contribution in [0.25, 0.3) is 0 Å². The molecule has 24 heavy (non-hydrogen) atoms. The van der Waals surface area contributed by atoms with E-state index in [1.165, 1.54) is 0 Å². The summed E-state index contributed by atoms with van der Waals surface area (Å²) >= 11 is 0. The summed E-state index contributed by atoms with van der Waals surface area (Å²) in [5.41, 5.74) is -4.10. The molecule has 1 aromatic carbocycles. The molecule has 0 radical (unpaired) electrons. The first-order chi connectivity index (χ1) is 10.6. The molecule has 0 bridgehead atoms. The van der Waals surface area contributed by atoms with Crippen LogP contribution in [0.3, 0.4) is 0 Å². The molecule has 1 atom stereocenters. The fourth-order valence-electron chi connectivity index (χ4n) is 1.86. The molecule has 0 fully saturated rings. The smallest absolute Gasteiger partial charge is 0.348 e. The molecule has 0 aromatic heterocycles. The Kier molecular flexibility index (Phi) is 5.55. The van der Waals surface area contributed by atoms with Crippen LogP contribution in [0.15, 0.2) is 18.2 Å². The lowest BCUT2D eigenvalue weighted by Crippen LogP contribution is -2.32. The molecule has 0 spiro atoms. The summed E-state index contributed by atoms with van der Waals surface area (Å²) in [6, 6.07) is -1.37. The van der Waals surface area contributed by atoms with Crippen molar-refractivity contribution in [3.05, 3.63) is 34.9 Å². The fraction of sp³-hybridized carbons (Fsp3) is 0.417. The van der Waals surface area contributed by atoms with Crippen LogP contribution < -0.4 is 5.32 Å². The molecule has 0 aliphatic rings. The van der Waals surface area contributed by atoms with E-state index < -0.39 is 56.9 Å². The molecular formula is C12H11F6NO4S. The van der Waals surface area contributed by atoms with Gasteiger partial charge in [0, 0.05) is 6.92 Å². The Morgan fingerprint density at radius 1 is 1.08 bits per heavy atom. The average molecular weight is 379 g/mol. The van der Waals surface area contributed by atoms with Gasteiger partial charge in [0.25, 0.3) is 10.1 Å². The first kappa shape index (κ1) is 20.2. The van der Waals surface area contributed by atoms with Gasteiger partial charge in [-0.1, -0.05) is 0 Å². The van der Waals surface area contributed by atoms with Crippen LogP contribution in [0.5, 0.6) is 0 Å². The van der Waals surface area contributed by atoms with Crippen molar-refractivity contribution < 1.29 is 44.1 Å². The Morgan fingerprint density at radius 3 is 1.79 bits per heavy atom. The highest BCUT2D eigenvalue weighted by Gasteiger charge is 2.38. The van der Waals surface area contributed by atoms with Crippen LogP contribution in [-0.4, -0.2) is 24.6 Å². The number of benzene rings is 1. The second kappa shape index (κ2) is 6.59. The van der Waals surface area contributed by atoms with Crippen molar-refractivity contribution in [3.63, 3.8) is 0 Å². The maximum atomic E-state index is 12.8. The van der Waals surface area contributed by atoms with E-state index in [1.54, 1.807) is 0 Å². The van der Waals surface area contributed by atoms with Crippen LogP contribution in [-0.2, 0) is 27.3 Å². The normalized spacial score (nSPS) is 14.3. The third-order valence-electron chi connectivity index (χ3n) is 2.77. The maximum absolute atomic E-state index is 12.8. The quantitative estimate of drug-likeness (QED) is 0.623. The number of hydrogen-bond donors (Lipinski definition) is 2. The summed E-state index contributed by atoms with van der Waals surface area (Å²) in [6.45, 7) is 0.884. The molecular weight excluding hydrogens is 368 g/mol. The lowest BCUT2D eigenvalue weighted by atomic mass is 10.00. The van der Waals surface area contributed by atoms with Crippen molar-refractivity contribution in [2.75, 3.05) is 5.75 Å². The van der Waals surface area contributed by atoms with E-state index in [0.717, 1.165) is 6.92 Å². The van der Waals surface area contributed by atoms with Gasteiger partial charge in [-0.25, -0.2) is 0 Å². The zero-order valence-electron chi connectivity index (χ0n) is 11.9. The number of alkyl halides is 6. The summed E-state index contributed by atoms with van der Waals surface area (Å²) in [4.78, 5) is 11.0. The number of nitrogens with one attached hydrogen (secondary N) is 1. The van der Waals surface area contributed by atoms with Crippen molar-refractivity contribution >= 4 is 16.0 Å². The lowest BCUT2D eigenvalue weighted by Gasteiger charge is -2.20. The molecule has 136 valence electrons. The molecule has 1 rings (SSSR count). The molecule has 0 aliphatic carbocycles. The van der Waals surface area contributed by atoms with Crippen molar-refractivity contribution in [3.8, 4) is 0 Å². The second-order valence-corrected chi connectivity index (χ2v) is 6.34. The Bertz CT molecular complexity index is 694. The minimum Gasteiger partial charge on any atom is -0.348 e. The highest BCUT2D eigenvalue weighted by atomic mass is 32.2. The van der Waals surface area contributed by atoms with Crippen LogP contribution in [0.2, 0.25) is 0 Å². The molecule has 0 saturated heterocycles. The molecule has 2 N–H and O–H groups in total.